The van der Waals surface area contributed by atoms with Crippen LogP contribution >= 0.6 is 0 Å². The Hall–Kier alpha value is -1.26. The van der Waals surface area contributed by atoms with Crippen molar-refractivity contribution in [1.82, 2.24) is 10.6 Å². The second-order valence-corrected chi connectivity index (χ2v) is 6.52. The molecule has 0 aromatic heterocycles. The minimum atomic E-state index is 0.572. The first kappa shape index (κ1) is 14.7. The van der Waals surface area contributed by atoms with Crippen molar-refractivity contribution in [2.45, 2.75) is 32.9 Å². The molecule has 2 N–H and O–H groups in total. The fourth-order valence-electron chi connectivity index (χ4n) is 3.55. The van der Waals surface area contributed by atoms with Gasteiger partial charge < -0.3 is 20.4 Å². The topological polar surface area (TPSA) is 30.5 Å². The molecule has 116 valence electrons. The summed E-state index contributed by atoms with van der Waals surface area (Å²) in [6.07, 6.45) is 0. The number of piperazine rings is 2. The molecule has 2 aliphatic rings. The Morgan fingerprint density at radius 1 is 1.14 bits per heavy atom. The first-order valence-electron chi connectivity index (χ1n) is 8.21. The molecule has 2 saturated heterocycles. The zero-order valence-corrected chi connectivity index (χ0v) is 13.5. The third-order valence-electron chi connectivity index (χ3n) is 4.72. The molecule has 4 nitrogen and oxygen atoms in total. The van der Waals surface area contributed by atoms with Gasteiger partial charge in [0.1, 0.15) is 0 Å². The molecule has 0 unspecified atom stereocenters. The van der Waals surface area contributed by atoms with Crippen LogP contribution in [0.25, 0.3) is 0 Å². The van der Waals surface area contributed by atoms with Gasteiger partial charge in [0.05, 0.1) is 0 Å². The molecule has 1 aromatic carbocycles. The number of hydrogen-bond donors (Lipinski definition) is 2. The highest BCUT2D eigenvalue weighted by atomic mass is 15.2. The molecule has 2 heterocycles. The Balaban J connectivity index is 1.79. The predicted molar refractivity (Wildman–Crippen MR) is 90.5 cm³/mol. The van der Waals surface area contributed by atoms with Gasteiger partial charge in [-0.3, -0.25) is 0 Å². The summed E-state index contributed by atoms with van der Waals surface area (Å²) in [5.41, 5.74) is 4.16. The highest BCUT2D eigenvalue weighted by molar-refractivity contribution is 5.62. The van der Waals surface area contributed by atoms with E-state index in [-0.39, 0.29) is 0 Å². The minimum absolute atomic E-state index is 0.572. The summed E-state index contributed by atoms with van der Waals surface area (Å²) in [7, 11) is 0. The first-order valence-corrected chi connectivity index (χ1v) is 8.21. The Morgan fingerprint density at radius 2 is 2.00 bits per heavy atom. The number of nitrogens with one attached hydrogen (secondary N) is 2. The van der Waals surface area contributed by atoms with Crippen molar-refractivity contribution in [3.8, 4) is 0 Å². The number of benzene rings is 1. The second-order valence-electron chi connectivity index (χ2n) is 6.52. The standard InChI is InChI=1S/C17H28N4/c1-13-10-16(21-9-6-18-11-15(21)3)4-5-17(13)20-8-7-19-14(2)12-20/h4-5,10,14-15,18-19H,6-9,11-12H2,1-3H3/t14-,15-/m1/s1. The van der Waals surface area contributed by atoms with Crippen molar-refractivity contribution < 1.29 is 0 Å². The van der Waals surface area contributed by atoms with Crippen LogP contribution in [0, 0.1) is 6.92 Å². The van der Waals surface area contributed by atoms with Crippen LogP contribution in [0.3, 0.4) is 0 Å². The van der Waals surface area contributed by atoms with Crippen LogP contribution in [0.1, 0.15) is 19.4 Å². The summed E-state index contributed by atoms with van der Waals surface area (Å²) in [4.78, 5) is 5.04. The number of hydrogen-bond acceptors (Lipinski definition) is 4. The van der Waals surface area contributed by atoms with Crippen molar-refractivity contribution in [1.29, 1.82) is 0 Å². The monoisotopic (exact) mass is 288 g/mol. The van der Waals surface area contributed by atoms with Crippen molar-refractivity contribution in [2.75, 3.05) is 49.1 Å². The molecule has 21 heavy (non-hydrogen) atoms. The van der Waals surface area contributed by atoms with E-state index in [1.165, 1.54) is 16.9 Å². The van der Waals surface area contributed by atoms with Gasteiger partial charge in [-0.2, -0.15) is 0 Å². The molecule has 2 aliphatic heterocycles. The molecule has 0 bridgehead atoms. The Morgan fingerprint density at radius 3 is 2.71 bits per heavy atom. The normalized spacial score (nSPS) is 27.0. The molecule has 0 saturated carbocycles. The van der Waals surface area contributed by atoms with Crippen LogP contribution in [0.5, 0.6) is 0 Å². The molecule has 3 rings (SSSR count). The molecule has 0 spiro atoms. The first-order chi connectivity index (χ1) is 10.1. The lowest BCUT2D eigenvalue weighted by Gasteiger charge is -2.37. The zero-order chi connectivity index (χ0) is 14.8. The van der Waals surface area contributed by atoms with Crippen molar-refractivity contribution >= 4 is 11.4 Å². The highest BCUT2D eigenvalue weighted by Crippen LogP contribution is 2.27. The summed E-state index contributed by atoms with van der Waals surface area (Å²) in [5, 5.41) is 6.97. The van der Waals surface area contributed by atoms with Gasteiger partial charge in [-0.25, -0.2) is 0 Å². The highest BCUT2D eigenvalue weighted by Gasteiger charge is 2.21. The Labute approximate surface area is 128 Å². The summed E-state index contributed by atoms with van der Waals surface area (Å²) in [6, 6.07) is 8.13. The summed E-state index contributed by atoms with van der Waals surface area (Å²) in [6.45, 7) is 13.4. The van der Waals surface area contributed by atoms with Gasteiger partial charge in [0.25, 0.3) is 0 Å². The van der Waals surface area contributed by atoms with Crippen LogP contribution in [0.15, 0.2) is 18.2 Å². The van der Waals surface area contributed by atoms with E-state index in [0.29, 0.717) is 12.1 Å². The summed E-state index contributed by atoms with van der Waals surface area (Å²) < 4.78 is 0. The summed E-state index contributed by atoms with van der Waals surface area (Å²) in [5.74, 6) is 0. The smallest absolute Gasteiger partial charge is 0.0398 e. The average molecular weight is 288 g/mol. The zero-order valence-electron chi connectivity index (χ0n) is 13.5. The van der Waals surface area contributed by atoms with Gasteiger partial charge in [0, 0.05) is 62.7 Å². The predicted octanol–water partition coefficient (Wildman–Crippen LogP) is 1.59. The van der Waals surface area contributed by atoms with Crippen LogP contribution in [-0.4, -0.2) is 51.4 Å². The molecular weight excluding hydrogens is 260 g/mol. The quantitative estimate of drug-likeness (QED) is 0.865. The molecule has 0 radical (unpaired) electrons. The van der Waals surface area contributed by atoms with Crippen molar-refractivity contribution in [3.05, 3.63) is 23.8 Å². The molecular formula is C17H28N4. The van der Waals surface area contributed by atoms with Crippen LogP contribution in [0.2, 0.25) is 0 Å². The van der Waals surface area contributed by atoms with E-state index >= 15 is 0 Å². The fourth-order valence-corrected chi connectivity index (χ4v) is 3.55. The lowest BCUT2D eigenvalue weighted by atomic mass is 10.1. The van der Waals surface area contributed by atoms with Gasteiger partial charge in [-0.05, 0) is 44.5 Å². The molecule has 0 aliphatic carbocycles. The van der Waals surface area contributed by atoms with E-state index in [9.17, 15) is 0 Å². The maximum Gasteiger partial charge on any atom is 0.0398 e. The average Bonchev–Trinajstić information content (AvgIpc) is 2.47. The van der Waals surface area contributed by atoms with Crippen molar-refractivity contribution in [3.63, 3.8) is 0 Å². The molecule has 2 fully saturated rings. The van der Waals surface area contributed by atoms with Crippen molar-refractivity contribution in [2.24, 2.45) is 0 Å². The molecule has 1 aromatic rings. The van der Waals surface area contributed by atoms with Crippen LogP contribution in [0.4, 0.5) is 11.4 Å². The van der Waals surface area contributed by atoms with E-state index < -0.39 is 0 Å². The Bertz CT molecular complexity index is 488. The maximum absolute atomic E-state index is 3.51. The third-order valence-corrected chi connectivity index (χ3v) is 4.72. The Kier molecular flexibility index (Phi) is 4.36. The number of anilines is 2. The molecule has 2 atom stereocenters. The largest absolute Gasteiger partial charge is 0.368 e. The van der Waals surface area contributed by atoms with Gasteiger partial charge >= 0.3 is 0 Å². The van der Waals surface area contributed by atoms with Crippen LogP contribution < -0.4 is 20.4 Å². The van der Waals surface area contributed by atoms with Crippen LogP contribution in [-0.2, 0) is 0 Å². The van der Waals surface area contributed by atoms with Gasteiger partial charge in [-0.1, -0.05) is 0 Å². The lowest BCUT2D eigenvalue weighted by molar-refractivity contribution is 0.484. The van der Waals surface area contributed by atoms with E-state index in [0.717, 1.165) is 39.3 Å². The van der Waals surface area contributed by atoms with E-state index in [2.05, 4.69) is 59.4 Å². The van der Waals surface area contributed by atoms with Gasteiger partial charge in [0.15, 0.2) is 0 Å². The van der Waals surface area contributed by atoms with E-state index in [1.54, 1.807) is 0 Å². The third kappa shape index (κ3) is 3.16. The molecule has 4 heteroatoms. The number of nitrogens with zero attached hydrogens (tertiary/aromatic N) is 2. The fraction of sp³-hybridized carbons (Fsp3) is 0.647. The lowest BCUT2D eigenvalue weighted by Crippen LogP contribution is -2.50. The SMILES string of the molecule is Cc1cc(N2CCNC[C@H]2C)ccc1N1CCN[C@H](C)C1. The number of rotatable bonds is 2. The van der Waals surface area contributed by atoms with E-state index in [4.69, 9.17) is 0 Å². The minimum Gasteiger partial charge on any atom is -0.368 e. The number of aryl methyl sites for hydroxylation is 1. The maximum atomic E-state index is 3.51. The summed E-state index contributed by atoms with van der Waals surface area (Å²) >= 11 is 0. The molecule has 0 amide bonds. The van der Waals surface area contributed by atoms with E-state index in [1.807, 2.05) is 0 Å². The van der Waals surface area contributed by atoms with Gasteiger partial charge in [-0.15, -0.1) is 0 Å². The second kappa shape index (κ2) is 6.24. The van der Waals surface area contributed by atoms with Gasteiger partial charge in [0.2, 0.25) is 0 Å².